The number of carbonyl (C=O) groups excluding carboxylic acids is 1. The van der Waals surface area contributed by atoms with Crippen molar-refractivity contribution in [2.45, 2.75) is 5.92 Å². The first-order valence-electron chi connectivity index (χ1n) is 6.57. The number of ketones is 1. The minimum Gasteiger partial charge on any atom is -0.453 e. The fraction of sp³-hybridized carbons (Fsp3) is 0.118. The van der Waals surface area contributed by atoms with Crippen molar-refractivity contribution in [2.24, 2.45) is 5.73 Å². The monoisotopic (exact) mass is 265 g/mol. The number of fused-ring (bicyclic) bond motifs is 1. The van der Waals surface area contributed by atoms with E-state index in [9.17, 15) is 4.79 Å². The zero-order valence-electron chi connectivity index (χ0n) is 11.0. The van der Waals surface area contributed by atoms with E-state index in [0.717, 1.165) is 16.5 Å². The number of rotatable bonds is 4. The second-order valence-electron chi connectivity index (χ2n) is 4.71. The summed E-state index contributed by atoms with van der Waals surface area (Å²) in [6.45, 7) is 0.264. The Morgan fingerprint density at radius 3 is 2.45 bits per heavy atom. The van der Waals surface area contributed by atoms with Crippen molar-refractivity contribution >= 4 is 16.8 Å². The van der Waals surface area contributed by atoms with Gasteiger partial charge in [0.05, 0.1) is 5.92 Å². The molecule has 1 atom stereocenters. The van der Waals surface area contributed by atoms with E-state index in [-0.39, 0.29) is 18.2 Å². The second-order valence-corrected chi connectivity index (χ2v) is 4.71. The average Bonchev–Trinajstić information content (AvgIpc) is 2.93. The van der Waals surface area contributed by atoms with Crippen LogP contribution >= 0.6 is 0 Å². The van der Waals surface area contributed by atoms with Crippen LogP contribution in [0.3, 0.4) is 0 Å². The molecule has 0 aliphatic carbocycles. The third-order valence-electron chi connectivity index (χ3n) is 3.42. The fourth-order valence-electron chi connectivity index (χ4n) is 2.35. The molecule has 0 aliphatic rings. The molecule has 0 bridgehead atoms. The lowest BCUT2D eigenvalue weighted by Gasteiger charge is -2.12. The maximum atomic E-state index is 12.6. The van der Waals surface area contributed by atoms with Crippen molar-refractivity contribution in [2.75, 3.05) is 6.54 Å². The summed E-state index contributed by atoms with van der Waals surface area (Å²) in [5.41, 5.74) is 7.41. The molecule has 0 saturated heterocycles. The number of Topliss-reactive ketones (excluding diaryl/α,β-unsaturated/α-hetero) is 1. The van der Waals surface area contributed by atoms with Gasteiger partial charge in [0.25, 0.3) is 0 Å². The minimum absolute atomic E-state index is 0.0742. The first-order valence-corrected chi connectivity index (χ1v) is 6.57. The molecule has 3 aromatic rings. The highest BCUT2D eigenvalue weighted by Crippen LogP contribution is 2.25. The lowest BCUT2D eigenvalue weighted by Crippen LogP contribution is -2.21. The average molecular weight is 265 g/mol. The van der Waals surface area contributed by atoms with Crippen LogP contribution in [0.1, 0.15) is 22.0 Å². The summed E-state index contributed by atoms with van der Waals surface area (Å²) in [4.78, 5) is 12.6. The van der Waals surface area contributed by atoms with Gasteiger partial charge in [0.1, 0.15) is 5.58 Å². The molecule has 0 radical (unpaired) electrons. The highest BCUT2D eigenvalue weighted by molar-refractivity contribution is 6.01. The van der Waals surface area contributed by atoms with Gasteiger partial charge in [0, 0.05) is 11.9 Å². The van der Waals surface area contributed by atoms with E-state index in [2.05, 4.69) is 0 Å². The van der Waals surface area contributed by atoms with Gasteiger partial charge in [0.15, 0.2) is 5.76 Å². The van der Waals surface area contributed by atoms with Gasteiger partial charge < -0.3 is 10.2 Å². The summed E-state index contributed by atoms with van der Waals surface area (Å²) in [6, 6.07) is 18.9. The molecule has 1 heterocycles. The molecular weight excluding hydrogens is 250 g/mol. The predicted octanol–water partition coefficient (Wildman–Crippen LogP) is 3.36. The van der Waals surface area contributed by atoms with Crippen molar-refractivity contribution in [1.82, 2.24) is 0 Å². The first kappa shape index (κ1) is 12.6. The summed E-state index contributed by atoms with van der Waals surface area (Å²) >= 11 is 0. The third-order valence-corrected chi connectivity index (χ3v) is 3.42. The molecule has 3 rings (SSSR count). The molecule has 0 fully saturated rings. The normalized spacial score (nSPS) is 12.4. The van der Waals surface area contributed by atoms with E-state index in [1.165, 1.54) is 0 Å². The molecule has 2 N–H and O–H groups in total. The van der Waals surface area contributed by atoms with E-state index < -0.39 is 0 Å². The Balaban J connectivity index is 1.98. The van der Waals surface area contributed by atoms with Crippen LogP contribution in [0, 0.1) is 0 Å². The molecule has 0 spiro atoms. The van der Waals surface area contributed by atoms with Gasteiger partial charge in [-0.2, -0.15) is 0 Å². The van der Waals surface area contributed by atoms with Crippen LogP contribution in [-0.2, 0) is 0 Å². The number of hydrogen-bond donors (Lipinski definition) is 1. The Bertz CT molecular complexity index is 698. The molecule has 3 nitrogen and oxygen atoms in total. The van der Waals surface area contributed by atoms with Crippen molar-refractivity contribution in [1.29, 1.82) is 0 Å². The summed E-state index contributed by atoms with van der Waals surface area (Å²) in [5.74, 6) is -0.0721. The van der Waals surface area contributed by atoms with E-state index in [1.54, 1.807) is 6.07 Å². The lowest BCUT2D eigenvalue weighted by atomic mass is 9.93. The largest absolute Gasteiger partial charge is 0.453 e. The standard InChI is InChI=1S/C17H15NO2/c18-11-14(12-6-2-1-3-7-12)17(19)16-10-13-8-4-5-9-15(13)20-16/h1-10,14H,11,18H2. The first-order chi connectivity index (χ1) is 9.79. The SMILES string of the molecule is NCC(C(=O)c1cc2ccccc2o1)c1ccccc1. The van der Waals surface area contributed by atoms with Crippen LogP contribution in [0.4, 0.5) is 0 Å². The molecule has 20 heavy (non-hydrogen) atoms. The number of nitrogens with two attached hydrogens (primary N) is 1. The van der Waals surface area contributed by atoms with E-state index >= 15 is 0 Å². The summed E-state index contributed by atoms with van der Waals surface area (Å²) < 4.78 is 5.63. The maximum Gasteiger partial charge on any atom is 0.206 e. The van der Waals surface area contributed by atoms with Gasteiger partial charge in [-0.3, -0.25) is 4.79 Å². The summed E-state index contributed by atoms with van der Waals surface area (Å²) in [6.07, 6.45) is 0. The molecule has 2 aromatic carbocycles. The van der Waals surface area contributed by atoms with Gasteiger partial charge in [-0.15, -0.1) is 0 Å². The van der Waals surface area contributed by atoms with Crippen molar-refractivity contribution in [3.05, 3.63) is 72.0 Å². The van der Waals surface area contributed by atoms with Gasteiger partial charge in [-0.25, -0.2) is 0 Å². The fourth-order valence-corrected chi connectivity index (χ4v) is 2.35. The Morgan fingerprint density at radius 2 is 1.75 bits per heavy atom. The highest BCUT2D eigenvalue weighted by Gasteiger charge is 2.23. The number of hydrogen-bond acceptors (Lipinski definition) is 3. The molecule has 1 aromatic heterocycles. The number of benzene rings is 2. The van der Waals surface area contributed by atoms with E-state index in [4.69, 9.17) is 10.2 Å². The zero-order valence-corrected chi connectivity index (χ0v) is 11.0. The quantitative estimate of drug-likeness (QED) is 0.736. The second kappa shape index (κ2) is 5.31. The molecule has 100 valence electrons. The number of furan rings is 1. The molecule has 3 heteroatoms. The Morgan fingerprint density at radius 1 is 1.05 bits per heavy atom. The van der Waals surface area contributed by atoms with Crippen LogP contribution in [0.2, 0.25) is 0 Å². The lowest BCUT2D eigenvalue weighted by molar-refractivity contribution is 0.0937. The van der Waals surface area contributed by atoms with Gasteiger partial charge in [-0.05, 0) is 17.7 Å². The van der Waals surface area contributed by atoms with Gasteiger partial charge in [-0.1, -0.05) is 48.5 Å². The van der Waals surface area contributed by atoms with Gasteiger partial charge >= 0.3 is 0 Å². The Hall–Kier alpha value is -2.39. The molecule has 0 amide bonds. The smallest absolute Gasteiger partial charge is 0.206 e. The molecule has 0 saturated carbocycles. The zero-order chi connectivity index (χ0) is 13.9. The molecule has 1 unspecified atom stereocenters. The Labute approximate surface area is 117 Å². The van der Waals surface area contributed by atoms with Crippen molar-refractivity contribution in [3.63, 3.8) is 0 Å². The van der Waals surface area contributed by atoms with E-state index in [1.807, 2.05) is 54.6 Å². The predicted molar refractivity (Wildman–Crippen MR) is 78.8 cm³/mol. The third kappa shape index (κ3) is 2.24. The van der Waals surface area contributed by atoms with Crippen LogP contribution in [-0.4, -0.2) is 12.3 Å². The topological polar surface area (TPSA) is 56.2 Å². The minimum atomic E-state index is -0.364. The summed E-state index contributed by atoms with van der Waals surface area (Å²) in [7, 11) is 0. The van der Waals surface area contributed by atoms with Crippen LogP contribution in [0.25, 0.3) is 11.0 Å². The van der Waals surface area contributed by atoms with Crippen LogP contribution < -0.4 is 5.73 Å². The number of carbonyl (C=O) groups is 1. The van der Waals surface area contributed by atoms with Gasteiger partial charge in [0.2, 0.25) is 5.78 Å². The Kier molecular flexibility index (Phi) is 3.35. The van der Waals surface area contributed by atoms with Crippen molar-refractivity contribution in [3.8, 4) is 0 Å². The van der Waals surface area contributed by atoms with E-state index in [0.29, 0.717) is 5.76 Å². The van der Waals surface area contributed by atoms with Crippen LogP contribution in [0.15, 0.2) is 65.1 Å². The maximum absolute atomic E-state index is 12.6. The highest BCUT2D eigenvalue weighted by atomic mass is 16.3. The van der Waals surface area contributed by atoms with Crippen LogP contribution in [0.5, 0.6) is 0 Å². The summed E-state index contributed by atoms with van der Waals surface area (Å²) in [5, 5.41) is 0.930. The number of para-hydroxylation sites is 1. The molecular formula is C17H15NO2. The molecule has 0 aliphatic heterocycles. The van der Waals surface area contributed by atoms with Crippen molar-refractivity contribution < 1.29 is 9.21 Å².